The first-order valence-corrected chi connectivity index (χ1v) is 7.77. The van der Waals surface area contributed by atoms with Crippen molar-refractivity contribution in [3.63, 3.8) is 0 Å². The summed E-state index contributed by atoms with van der Waals surface area (Å²) in [6, 6.07) is 8.17. The topological polar surface area (TPSA) is 26.0 Å². The summed E-state index contributed by atoms with van der Waals surface area (Å²) in [4.78, 5) is 0.507. The van der Waals surface area contributed by atoms with Crippen molar-refractivity contribution in [1.29, 1.82) is 0 Å². The molecule has 0 atom stereocenters. The van der Waals surface area contributed by atoms with Gasteiger partial charge in [0.1, 0.15) is 4.99 Å². The predicted octanol–water partition coefficient (Wildman–Crippen LogP) is 4.13. The molecule has 94 valence electrons. The van der Waals surface area contributed by atoms with Gasteiger partial charge in [-0.15, -0.1) is 0 Å². The van der Waals surface area contributed by atoms with Crippen LogP contribution in [0.5, 0.6) is 0 Å². The quantitative estimate of drug-likeness (QED) is 0.566. The number of benzene rings is 1. The van der Waals surface area contributed by atoms with Crippen molar-refractivity contribution in [3.05, 3.63) is 35.4 Å². The standard InChI is InChI=1S/C14H21NS2/c1-2-3-4-7-10-17-11-12-8-5-6-9-13(12)14(15)16/h5-6,8-9H,2-4,7,10-11H2,1H3,(H2,15,16). The molecule has 1 aromatic carbocycles. The molecule has 0 aromatic heterocycles. The minimum absolute atomic E-state index is 0.507. The van der Waals surface area contributed by atoms with E-state index < -0.39 is 0 Å². The monoisotopic (exact) mass is 267 g/mol. The highest BCUT2D eigenvalue weighted by Crippen LogP contribution is 2.18. The summed E-state index contributed by atoms with van der Waals surface area (Å²) < 4.78 is 0. The van der Waals surface area contributed by atoms with Gasteiger partial charge in [-0.1, -0.05) is 62.7 Å². The summed E-state index contributed by atoms with van der Waals surface area (Å²) in [5, 5.41) is 0. The molecule has 0 saturated carbocycles. The summed E-state index contributed by atoms with van der Waals surface area (Å²) >= 11 is 7.03. The second kappa shape index (κ2) is 8.54. The lowest BCUT2D eigenvalue weighted by atomic mass is 10.1. The van der Waals surface area contributed by atoms with E-state index in [0.717, 1.165) is 11.3 Å². The zero-order valence-corrected chi connectivity index (χ0v) is 12.1. The van der Waals surface area contributed by atoms with E-state index in [0.29, 0.717) is 4.99 Å². The molecule has 17 heavy (non-hydrogen) atoms. The molecule has 1 rings (SSSR count). The Balaban J connectivity index is 2.34. The van der Waals surface area contributed by atoms with Crippen molar-refractivity contribution in [1.82, 2.24) is 0 Å². The molecule has 0 unspecified atom stereocenters. The van der Waals surface area contributed by atoms with Gasteiger partial charge in [0, 0.05) is 11.3 Å². The molecule has 0 aliphatic carbocycles. The van der Waals surface area contributed by atoms with E-state index in [1.54, 1.807) is 0 Å². The normalized spacial score (nSPS) is 10.4. The second-order valence-electron chi connectivity index (χ2n) is 4.13. The number of unbranched alkanes of at least 4 members (excludes halogenated alkanes) is 3. The number of rotatable bonds is 8. The van der Waals surface area contributed by atoms with Gasteiger partial charge in [0.15, 0.2) is 0 Å². The van der Waals surface area contributed by atoms with Crippen molar-refractivity contribution in [3.8, 4) is 0 Å². The van der Waals surface area contributed by atoms with Crippen LogP contribution in [0.25, 0.3) is 0 Å². The van der Waals surface area contributed by atoms with Gasteiger partial charge < -0.3 is 5.73 Å². The third kappa shape index (κ3) is 5.55. The van der Waals surface area contributed by atoms with Crippen LogP contribution in [0.4, 0.5) is 0 Å². The molecular formula is C14H21NS2. The van der Waals surface area contributed by atoms with E-state index >= 15 is 0 Å². The van der Waals surface area contributed by atoms with Crippen LogP contribution in [0.1, 0.15) is 43.7 Å². The van der Waals surface area contributed by atoms with Crippen molar-refractivity contribution in [2.24, 2.45) is 5.73 Å². The molecule has 1 aromatic rings. The number of thioether (sulfide) groups is 1. The third-order valence-corrected chi connectivity index (χ3v) is 4.00. The number of nitrogens with two attached hydrogens (primary N) is 1. The van der Waals surface area contributed by atoms with Gasteiger partial charge in [0.2, 0.25) is 0 Å². The van der Waals surface area contributed by atoms with Gasteiger partial charge in [0.25, 0.3) is 0 Å². The molecule has 3 heteroatoms. The molecule has 0 fully saturated rings. The zero-order valence-electron chi connectivity index (χ0n) is 10.4. The molecule has 0 saturated heterocycles. The van der Waals surface area contributed by atoms with Gasteiger partial charge in [-0.05, 0) is 17.7 Å². The van der Waals surface area contributed by atoms with Crippen molar-refractivity contribution >= 4 is 29.0 Å². The first-order valence-electron chi connectivity index (χ1n) is 6.21. The second-order valence-corrected chi connectivity index (χ2v) is 5.68. The van der Waals surface area contributed by atoms with Gasteiger partial charge in [-0.25, -0.2) is 0 Å². The van der Waals surface area contributed by atoms with Crippen LogP contribution >= 0.6 is 24.0 Å². The van der Waals surface area contributed by atoms with Crippen LogP contribution in [-0.4, -0.2) is 10.7 Å². The fourth-order valence-corrected chi connectivity index (χ4v) is 2.92. The molecule has 2 N–H and O–H groups in total. The maximum absolute atomic E-state index is 5.71. The Bertz CT molecular complexity index is 350. The minimum atomic E-state index is 0.507. The van der Waals surface area contributed by atoms with E-state index in [9.17, 15) is 0 Å². The molecule has 0 aliphatic heterocycles. The van der Waals surface area contributed by atoms with Gasteiger partial charge in [-0.2, -0.15) is 11.8 Å². The summed E-state index contributed by atoms with van der Waals surface area (Å²) in [6.45, 7) is 2.24. The van der Waals surface area contributed by atoms with E-state index in [1.807, 2.05) is 23.9 Å². The van der Waals surface area contributed by atoms with E-state index in [2.05, 4.69) is 19.1 Å². The highest BCUT2D eigenvalue weighted by Gasteiger charge is 2.03. The zero-order chi connectivity index (χ0) is 12.5. The molecule has 0 radical (unpaired) electrons. The molecule has 0 aliphatic rings. The molecular weight excluding hydrogens is 246 g/mol. The maximum atomic E-state index is 5.71. The van der Waals surface area contributed by atoms with Crippen LogP contribution in [0, 0.1) is 0 Å². The Morgan fingerprint density at radius 1 is 1.24 bits per heavy atom. The molecule has 0 spiro atoms. The van der Waals surface area contributed by atoms with E-state index in [4.69, 9.17) is 18.0 Å². The minimum Gasteiger partial charge on any atom is -0.389 e. The van der Waals surface area contributed by atoms with Gasteiger partial charge in [0.05, 0.1) is 0 Å². The Kier molecular flexibility index (Phi) is 7.29. The van der Waals surface area contributed by atoms with Crippen LogP contribution in [-0.2, 0) is 5.75 Å². The maximum Gasteiger partial charge on any atom is 0.104 e. The number of hydrogen-bond donors (Lipinski definition) is 1. The lowest BCUT2D eigenvalue weighted by molar-refractivity contribution is 0.706. The third-order valence-electron chi connectivity index (χ3n) is 2.68. The van der Waals surface area contributed by atoms with Crippen molar-refractivity contribution in [2.45, 2.75) is 38.4 Å². The fourth-order valence-electron chi connectivity index (χ4n) is 1.70. The van der Waals surface area contributed by atoms with Crippen LogP contribution in [0.15, 0.2) is 24.3 Å². The highest BCUT2D eigenvalue weighted by molar-refractivity contribution is 7.98. The lowest BCUT2D eigenvalue weighted by Gasteiger charge is -2.07. The van der Waals surface area contributed by atoms with Gasteiger partial charge in [-0.3, -0.25) is 0 Å². The summed E-state index contributed by atoms with van der Waals surface area (Å²) in [5.41, 5.74) is 8.00. The van der Waals surface area contributed by atoms with Crippen LogP contribution in [0.3, 0.4) is 0 Å². The van der Waals surface area contributed by atoms with Crippen LogP contribution in [0.2, 0.25) is 0 Å². The van der Waals surface area contributed by atoms with Crippen molar-refractivity contribution in [2.75, 3.05) is 5.75 Å². The fraction of sp³-hybridized carbons (Fsp3) is 0.500. The molecule has 0 amide bonds. The summed E-state index contributed by atoms with van der Waals surface area (Å²) in [5.74, 6) is 2.24. The number of thiocarbonyl (C=S) groups is 1. The largest absolute Gasteiger partial charge is 0.389 e. The average molecular weight is 267 g/mol. The average Bonchev–Trinajstić information content (AvgIpc) is 2.34. The van der Waals surface area contributed by atoms with Gasteiger partial charge >= 0.3 is 0 Å². The Morgan fingerprint density at radius 3 is 2.71 bits per heavy atom. The van der Waals surface area contributed by atoms with Crippen molar-refractivity contribution < 1.29 is 0 Å². The van der Waals surface area contributed by atoms with E-state index in [-0.39, 0.29) is 0 Å². The summed E-state index contributed by atoms with van der Waals surface area (Å²) in [7, 11) is 0. The molecule has 1 nitrogen and oxygen atoms in total. The van der Waals surface area contributed by atoms with Crippen LogP contribution < -0.4 is 5.73 Å². The predicted molar refractivity (Wildman–Crippen MR) is 82.6 cm³/mol. The smallest absolute Gasteiger partial charge is 0.104 e. The first-order chi connectivity index (χ1) is 8.25. The molecule has 0 heterocycles. The summed E-state index contributed by atoms with van der Waals surface area (Å²) in [6.07, 6.45) is 5.31. The first kappa shape index (κ1) is 14.5. The Hall–Kier alpha value is -0.540. The lowest BCUT2D eigenvalue weighted by Crippen LogP contribution is -2.11. The van der Waals surface area contributed by atoms with E-state index in [1.165, 1.54) is 37.0 Å². The number of hydrogen-bond acceptors (Lipinski definition) is 2. The Labute approximate surface area is 114 Å². The SMILES string of the molecule is CCCCCCSCc1ccccc1C(N)=S. The highest BCUT2D eigenvalue weighted by atomic mass is 32.2. The molecule has 0 bridgehead atoms. The Morgan fingerprint density at radius 2 is 2.00 bits per heavy atom.